The van der Waals surface area contributed by atoms with Crippen molar-refractivity contribution in [2.45, 2.75) is 37.7 Å². The van der Waals surface area contributed by atoms with Gasteiger partial charge in [-0.1, -0.05) is 46.1 Å². The minimum atomic E-state index is 0.449. The van der Waals surface area contributed by atoms with Crippen LogP contribution >= 0.6 is 39.1 Å². The van der Waals surface area contributed by atoms with Gasteiger partial charge in [0.1, 0.15) is 0 Å². The highest BCUT2D eigenvalue weighted by Gasteiger charge is 2.07. The van der Waals surface area contributed by atoms with E-state index in [2.05, 4.69) is 35.1 Å². The lowest BCUT2D eigenvalue weighted by Crippen LogP contribution is -2.27. The van der Waals surface area contributed by atoms with Crippen LogP contribution in [0.25, 0.3) is 0 Å². The van der Waals surface area contributed by atoms with Gasteiger partial charge in [0, 0.05) is 27.5 Å². The summed E-state index contributed by atoms with van der Waals surface area (Å²) in [5, 5.41) is 4.91. The molecule has 1 N–H and O–H groups in total. The van der Waals surface area contributed by atoms with E-state index in [1.54, 1.807) is 6.07 Å². The Morgan fingerprint density at radius 2 is 2.00 bits per heavy atom. The molecule has 0 saturated carbocycles. The van der Waals surface area contributed by atoms with Crippen LogP contribution in [0, 0.1) is 0 Å². The molecule has 2 unspecified atom stereocenters. The van der Waals surface area contributed by atoms with E-state index in [9.17, 15) is 0 Å². The Kier molecular flexibility index (Phi) is 6.12. The third-order valence-electron chi connectivity index (χ3n) is 2.33. The summed E-state index contributed by atoms with van der Waals surface area (Å²) in [6, 6.07) is 5.99. The summed E-state index contributed by atoms with van der Waals surface area (Å²) < 4.78 is 0. The molecule has 0 aliphatic carbocycles. The molecule has 0 saturated heterocycles. The van der Waals surface area contributed by atoms with E-state index in [4.69, 9.17) is 23.2 Å². The number of benzene rings is 1. The third kappa shape index (κ3) is 5.05. The molecule has 0 aromatic heterocycles. The molecule has 90 valence electrons. The molecule has 1 aromatic rings. The maximum Gasteiger partial charge on any atom is 0.0451 e. The summed E-state index contributed by atoms with van der Waals surface area (Å²) in [4.78, 5) is 0.518. The second-order valence-corrected chi connectivity index (χ2v) is 6.44. The fourth-order valence-corrected chi connectivity index (χ4v) is 2.47. The Hall–Kier alpha value is 0.240. The summed E-state index contributed by atoms with van der Waals surface area (Å²) in [7, 11) is 0. The average Bonchev–Trinajstić information content (AvgIpc) is 2.18. The smallest absolute Gasteiger partial charge is 0.0451 e. The normalized spacial score (nSPS) is 14.8. The minimum absolute atomic E-state index is 0.449. The van der Waals surface area contributed by atoms with Crippen molar-refractivity contribution in [2.75, 3.05) is 0 Å². The molecule has 0 aliphatic rings. The van der Waals surface area contributed by atoms with Gasteiger partial charge in [0.15, 0.2) is 0 Å². The molecule has 2 atom stereocenters. The van der Waals surface area contributed by atoms with Crippen molar-refractivity contribution in [1.82, 2.24) is 5.32 Å². The summed E-state index contributed by atoms with van der Waals surface area (Å²) in [6.07, 6.45) is 1.08. The first-order chi connectivity index (χ1) is 7.49. The van der Waals surface area contributed by atoms with E-state index in [1.165, 1.54) is 0 Å². The van der Waals surface area contributed by atoms with E-state index in [0.29, 0.717) is 10.9 Å². The lowest BCUT2D eigenvalue weighted by Gasteiger charge is -2.15. The van der Waals surface area contributed by atoms with E-state index in [-0.39, 0.29) is 0 Å². The number of halogens is 3. The van der Waals surface area contributed by atoms with Crippen molar-refractivity contribution in [1.29, 1.82) is 0 Å². The summed E-state index contributed by atoms with van der Waals surface area (Å²) >= 11 is 15.5. The number of rotatable bonds is 5. The fourth-order valence-electron chi connectivity index (χ4n) is 1.53. The van der Waals surface area contributed by atoms with Crippen molar-refractivity contribution >= 4 is 39.1 Å². The lowest BCUT2D eigenvalue weighted by atomic mass is 10.1. The van der Waals surface area contributed by atoms with Gasteiger partial charge in [-0.25, -0.2) is 0 Å². The monoisotopic (exact) mass is 323 g/mol. The maximum atomic E-state index is 6.08. The first kappa shape index (κ1) is 14.3. The standard InChI is InChI=1S/C12H16BrCl2N/c1-8(13)5-9(2)16-7-10-6-11(14)3-4-12(10)15/h3-4,6,8-9,16H,5,7H2,1-2H3. The van der Waals surface area contributed by atoms with Crippen LogP contribution in [-0.2, 0) is 6.54 Å². The van der Waals surface area contributed by atoms with Gasteiger partial charge in [-0.2, -0.15) is 0 Å². The summed E-state index contributed by atoms with van der Waals surface area (Å²) in [5.41, 5.74) is 1.04. The Morgan fingerprint density at radius 3 is 2.62 bits per heavy atom. The molecule has 1 aromatic carbocycles. The molecule has 0 spiro atoms. The molecule has 0 fully saturated rings. The Bertz CT molecular complexity index is 342. The van der Waals surface area contributed by atoms with Crippen molar-refractivity contribution in [3.05, 3.63) is 33.8 Å². The van der Waals surface area contributed by atoms with Crippen molar-refractivity contribution < 1.29 is 0 Å². The van der Waals surface area contributed by atoms with Gasteiger partial charge in [0.05, 0.1) is 0 Å². The quantitative estimate of drug-likeness (QED) is 0.778. The predicted molar refractivity (Wildman–Crippen MR) is 75.8 cm³/mol. The Morgan fingerprint density at radius 1 is 1.31 bits per heavy atom. The molecule has 1 nitrogen and oxygen atoms in total. The van der Waals surface area contributed by atoms with Crippen LogP contribution in [-0.4, -0.2) is 10.9 Å². The second-order valence-electron chi connectivity index (χ2n) is 4.03. The molecule has 0 aliphatic heterocycles. The Labute approximate surface area is 116 Å². The van der Waals surface area contributed by atoms with Crippen molar-refractivity contribution in [3.63, 3.8) is 0 Å². The molecule has 0 heterocycles. The van der Waals surface area contributed by atoms with Crippen LogP contribution in [0.1, 0.15) is 25.8 Å². The highest BCUT2D eigenvalue weighted by Crippen LogP contribution is 2.20. The zero-order chi connectivity index (χ0) is 12.1. The third-order valence-corrected chi connectivity index (χ3v) is 3.30. The highest BCUT2D eigenvalue weighted by atomic mass is 79.9. The second kappa shape index (κ2) is 6.85. The average molecular weight is 325 g/mol. The van der Waals surface area contributed by atoms with Crippen molar-refractivity contribution in [3.8, 4) is 0 Å². The number of alkyl halides is 1. The van der Waals surface area contributed by atoms with E-state index >= 15 is 0 Å². The van der Waals surface area contributed by atoms with Gasteiger partial charge < -0.3 is 5.32 Å². The van der Waals surface area contributed by atoms with Crippen LogP contribution in [0.15, 0.2) is 18.2 Å². The first-order valence-corrected chi connectivity index (χ1v) is 6.97. The zero-order valence-electron chi connectivity index (χ0n) is 9.43. The van der Waals surface area contributed by atoms with Crippen LogP contribution in [0.5, 0.6) is 0 Å². The maximum absolute atomic E-state index is 6.08. The fraction of sp³-hybridized carbons (Fsp3) is 0.500. The van der Waals surface area contributed by atoms with Crippen LogP contribution in [0.4, 0.5) is 0 Å². The SMILES string of the molecule is CC(Br)CC(C)NCc1cc(Cl)ccc1Cl. The molecule has 16 heavy (non-hydrogen) atoms. The molecular weight excluding hydrogens is 309 g/mol. The first-order valence-electron chi connectivity index (χ1n) is 5.30. The van der Waals surface area contributed by atoms with E-state index in [0.717, 1.165) is 28.6 Å². The van der Waals surface area contributed by atoms with E-state index < -0.39 is 0 Å². The minimum Gasteiger partial charge on any atom is -0.310 e. The van der Waals surface area contributed by atoms with Gasteiger partial charge >= 0.3 is 0 Å². The topological polar surface area (TPSA) is 12.0 Å². The van der Waals surface area contributed by atoms with Gasteiger partial charge in [-0.05, 0) is 37.1 Å². The highest BCUT2D eigenvalue weighted by molar-refractivity contribution is 9.09. The van der Waals surface area contributed by atoms with E-state index in [1.807, 2.05) is 12.1 Å². The zero-order valence-corrected chi connectivity index (χ0v) is 12.5. The molecule has 1 rings (SSSR count). The molecular formula is C12H16BrCl2N. The molecule has 4 heteroatoms. The predicted octanol–water partition coefficient (Wildman–Crippen LogP) is 4.65. The van der Waals surface area contributed by atoms with Gasteiger partial charge in [0.2, 0.25) is 0 Å². The van der Waals surface area contributed by atoms with Crippen molar-refractivity contribution in [2.24, 2.45) is 0 Å². The number of nitrogens with one attached hydrogen (secondary N) is 1. The largest absolute Gasteiger partial charge is 0.310 e. The number of hydrogen-bond acceptors (Lipinski definition) is 1. The number of hydrogen-bond donors (Lipinski definition) is 1. The van der Waals surface area contributed by atoms with Crippen LogP contribution < -0.4 is 5.32 Å². The summed E-state index contributed by atoms with van der Waals surface area (Å²) in [5.74, 6) is 0. The molecule has 0 radical (unpaired) electrons. The van der Waals surface area contributed by atoms with Gasteiger partial charge in [-0.3, -0.25) is 0 Å². The summed E-state index contributed by atoms with van der Waals surface area (Å²) in [6.45, 7) is 5.06. The van der Waals surface area contributed by atoms with Gasteiger partial charge in [0.25, 0.3) is 0 Å². The van der Waals surface area contributed by atoms with Crippen LogP contribution in [0.3, 0.4) is 0 Å². The van der Waals surface area contributed by atoms with Gasteiger partial charge in [-0.15, -0.1) is 0 Å². The Balaban J connectivity index is 2.51. The van der Waals surface area contributed by atoms with Crippen LogP contribution in [0.2, 0.25) is 10.0 Å². The lowest BCUT2D eigenvalue weighted by molar-refractivity contribution is 0.516. The molecule has 0 amide bonds. The molecule has 0 bridgehead atoms.